The molecule has 158 valence electrons. The van der Waals surface area contributed by atoms with E-state index in [-0.39, 0.29) is 11.8 Å². The molecule has 3 aromatic rings. The fraction of sp³-hybridized carbons (Fsp3) is 0.346. The van der Waals surface area contributed by atoms with E-state index in [2.05, 4.69) is 36.2 Å². The number of para-hydroxylation sites is 1. The number of aromatic nitrogens is 2. The molecule has 1 fully saturated rings. The standard InChI is InChI=1S/C26H27N3O2/c1-17-7-5-9-19(13-17)22-15-27-18(2)28-25(22)21-10-6-12-29(16-21)26(30)24-14-20-8-3-4-11-23(20)31-24/h3-5,7-9,11,13,15,21,24H,6,10,12,14,16H2,1-2H3/t21-,24-/m0/s1. The summed E-state index contributed by atoms with van der Waals surface area (Å²) in [5, 5.41) is 0. The van der Waals surface area contributed by atoms with Gasteiger partial charge in [0.2, 0.25) is 0 Å². The van der Waals surface area contributed by atoms with Crippen molar-refractivity contribution in [2.45, 2.75) is 45.1 Å². The topological polar surface area (TPSA) is 55.3 Å². The summed E-state index contributed by atoms with van der Waals surface area (Å²) in [5.74, 6) is 1.88. The van der Waals surface area contributed by atoms with Crippen LogP contribution in [0.3, 0.4) is 0 Å². The van der Waals surface area contributed by atoms with Gasteiger partial charge in [0, 0.05) is 37.2 Å². The number of nitrogens with zero attached hydrogens (tertiary/aromatic N) is 3. The van der Waals surface area contributed by atoms with Gasteiger partial charge in [-0.25, -0.2) is 9.97 Å². The third-order valence-corrected chi connectivity index (χ3v) is 6.31. The minimum atomic E-state index is -0.417. The zero-order chi connectivity index (χ0) is 21.4. The van der Waals surface area contributed by atoms with E-state index in [0.29, 0.717) is 13.0 Å². The van der Waals surface area contributed by atoms with Crippen molar-refractivity contribution in [2.24, 2.45) is 0 Å². The molecule has 2 aromatic carbocycles. The highest BCUT2D eigenvalue weighted by atomic mass is 16.5. The van der Waals surface area contributed by atoms with E-state index in [1.807, 2.05) is 42.3 Å². The summed E-state index contributed by atoms with van der Waals surface area (Å²) in [4.78, 5) is 24.6. The van der Waals surface area contributed by atoms with Gasteiger partial charge in [-0.15, -0.1) is 0 Å². The Labute approximate surface area is 183 Å². The molecule has 5 heteroatoms. The van der Waals surface area contributed by atoms with Crippen LogP contribution in [0, 0.1) is 13.8 Å². The van der Waals surface area contributed by atoms with Crippen molar-refractivity contribution >= 4 is 5.91 Å². The minimum absolute atomic E-state index is 0.0868. The number of hydrogen-bond donors (Lipinski definition) is 0. The Bertz CT molecular complexity index is 1100. The SMILES string of the molecule is Cc1cccc(-c2cnc(C)nc2[C@H]2CCCN(C(=O)[C@@H]3Cc4ccccc4O3)C2)c1. The Kier molecular flexibility index (Phi) is 5.18. The van der Waals surface area contributed by atoms with Crippen molar-refractivity contribution in [1.82, 2.24) is 14.9 Å². The van der Waals surface area contributed by atoms with E-state index in [1.54, 1.807) is 0 Å². The maximum Gasteiger partial charge on any atom is 0.264 e. The Morgan fingerprint density at radius 2 is 2.00 bits per heavy atom. The number of rotatable bonds is 3. The van der Waals surface area contributed by atoms with Gasteiger partial charge >= 0.3 is 0 Å². The van der Waals surface area contributed by atoms with Crippen LogP contribution in [0.5, 0.6) is 5.75 Å². The van der Waals surface area contributed by atoms with Gasteiger partial charge in [0.15, 0.2) is 6.10 Å². The summed E-state index contributed by atoms with van der Waals surface area (Å²) in [7, 11) is 0. The number of fused-ring (bicyclic) bond motifs is 1. The number of ether oxygens (including phenoxy) is 1. The summed E-state index contributed by atoms with van der Waals surface area (Å²) >= 11 is 0. The number of carbonyl (C=O) groups is 1. The van der Waals surface area contributed by atoms with Crippen LogP contribution in [0.4, 0.5) is 0 Å². The van der Waals surface area contributed by atoms with Crippen molar-refractivity contribution < 1.29 is 9.53 Å². The first-order chi connectivity index (χ1) is 15.1. The van der Waals surface area contributed by atoms with E-state index in [1.165, 1.54) is 5.56 Å². The summed E-state index contributed by atoms with van der Waals surface area (Å²) in [6.45, 7) is 5.47. The summed E-state index contributed by atoms with van der Waals surface area (Å²) in [5.41, 5.74) is 5.57. The molecular formula is C26H27N3O2. The number of carbonyl (C=O) groups excluding carboxylic acids is 1. The number of hydrogen-bond acceptors (Lipinski definition) is 4. The molecule has 2 aliphatic heterocycles. The molecule has 0 unspecified atom stereocenters. The van der Waals surface area contributed by atoms with Crippen LogP contribution in [0.25, 0.3) is 11.1 Å². The number of aryl methyl sites for hydroxylation is 2. The highest BCUT2D eigenvalue weighted by molar-refractivity contribution is 5.83. The largest absolute Gasteiger partial charge is 0.480 e. The monoisotopic (exact) mass is 413 g/mol. The lowest BCUT2D eigenvalue weighted by atomic mass is 9.89. The van der Waals surface area contributed by atoms with Crippen LogP contribution in [0.1, 0.15) is 41.4 Å². The van der Waals surface area contributed by atoms with Crippen LogP contribution in [-0.2, 0) is 11.2 Å². The van der Waals surface area contributed by atoms with Crippen molar-refractivity contribution in [3.05, 3.63) is 77.4 Å². The number of piperidine rings is 1. The van der Waals surface area contributed by atoms with Crippen LogP contribution in [0.2, 0.25) is 0 Å². The first-order valence-corrected chi connectivity index (χ1v) is 11.0. The van der Waals surface area contributed by atoms with E-state index < -0.39 is 6.10 Å². The predicted molar refractivity (Wildman–Crippen MR) is 120 cm³/mol. The first kappa shape index (κ1) is 19.7. The Morgan fingerprint density at radius 1 is 1.13 bits per heavy atom. The average Bonchev–Trinajstić information content (AvgIpc) is 3.23. The molecule has 31 heavy (non-hydrogen) atoms. The fourth-order valence-corrected chi connectivity index (χ4v) is 4.76. The highest BCUT2D eigenvalue weighted by Crippen LogP contribution is 2.35. The molecule has 2 atom stereocenters. The van der Waals surface area contributed by atoms with Gasteiger partial charge < -0.3 is 9.64 Å². The molecule has 0 aliphatic carbocycles. The molecule has 5 nitrogen and oxygen atoms in total. The van der Waals surface area contributed by atoms with Crippen LogP contribution >= 0.6 is 0 Å². The van der Waals surface area contributed by atoms with E-state index >= 15 is 0 Å². The van der Waals surface area contributed by atoms with Gasteiger partial charge in [-0.1, -0.05) is 48.0 Å². The minimum Gasteiger partial charge on any atom is -0.480 e. The van der Waals surface area contributed by atoms with Crippen molar-refractivity contribution in [2.75, 3.05) is 13.1 Å². The summed E-state index contributed by atoms with van der Waals surface area (Å²) in [6, 6.07) is 16.4. The van der Waals surface area contributed by atoms with E-state index in [4.69, 9.17) is 9.72 Å². The Balaban J connectivity index is 1.39. The van der Waals surface area contributed by atoms with E-state index in [9.17, 15) is 4.79 Å². The predicted octanol–water partition coefficient (Wildman–Crippen LogP) is 4.47. The zero-order valence-electron chi connectivity index (χ0n) is 18.0. The van der Waals surface area contributed by atoms with Crippen molar-refractivity contribution in [3.63, 3.8) is 0 Å². The maximum atomic E-state index is 13.3. The second-order valence-corrected chi connectivity index (χ2v) is 8.63. The normalized spacial score (nSPS) is 20.3. The third-order valence-electron chi connectivity index (χ3n) is 6.31. The quantitative estimate of drug-likeness (QED) is 0.636. The van der Waals surface area contributed by atoms with Gasteiger partial charge in [0.25, 0.3) is 5.91 Å². The molecular weight excluding hydrogens is 386 g/mol. The molecule has 0 spiro atoms. The number of benzene rings is 2. The molecule has 0 N–H and O–H groups in total. The molecule has 1 amide bonds. The van der Waals surface area contributed by atoms with Gasteiger partial charge in [-0.05, 0) is 43.9 Å². The fourth-order valence-electron chi connectivity index (χ4n) is 4.76. The Morgan fingerprint density at radius 3 is 2.84 bits per heavy atom. The molecule has 0 radical (unpaired) electrons. The number of amides is 1. The second-order valence-electron chi connectivity index (χ2n) is 8.63. The maximum absolute atomic E-state index is 13.3. The van der Waals surface area contributed by atoms with Crippen molar-refractivity contribution in [3.8, 4) is 16.9 Å². The highest BCUT2D eigenvalue weighted by Gasteiger charge is 2.35. The molecule has 1 aromatic heterocycles. The lowest BCUT2D eigenvalue weighted by Crippen LogP contribution is -2.46. The molecule has 2 aliphatic rings. The van der Waals surface area contributed by atoms with Gasteiger partial charge in [0.1, 0.15) is 11.6 Å². The molecule has 0 saturated carbocycles. The zero-order valence-corrected chi connectivity index (χ0v) is 18.0. The lowest BCUT2D eigenvalue weighted by Gasteiger charge is -2.34. The smallest absolute Gasteiger partial charge is 0.264 e. The summed E-state index contributed by atoms with van der Waals surface area (Å²) in [6.07, 6.45) is 4.15. The molecule has 1 saturated heterocycles. The van der Waals surface area contributed by atoms with Crippen molar-refractivity contribution in [1.29, 1.82) is 0 Å². The first-order valence-electron chi connectivity index (χ1n) is 11.0. The third kappa shape index (κ3) is 3.92. The molecule has 3 heterocycles. The van der Waals surface area contributed by atoms with Crippen LogP contribution in [0.15, 0.2) is 54.7 Å². The average molecular weight is 414 g/mol. The molecule has 0 bridgehead atoms. The van der Waals surface area contributed by atoms with Gasteiger partial charge in [-0.2, -0.15) is 0 Å². The lowest BCUT2D eigenvalue weighted by molar-refractivity contribution is -0.139. The van der Waals surface area contributed by atoms with Crippen LogP contribution < -0.4 is 4.74 Å². The summed E-state index contributed by atoms with van der Waals surface area (Å²) < 4.78 is 5.97. The van der Waals surface area contributed by atoms with E-state index in [0.717, 1.165) is 53.3 Å². The van der Waals surface area contributed by atoms with Crippen LogP contribution in [-0.4, -0.2) is 40.0 Å². The second kappa shape index (κ2) is 8.14. The number of likely N-dealkylation sites (tertiary alicyclic amines) is 1. The molecule has 5 rings (SSSR count). The Hall–Kier alpha value is -3.21. The van der Waals surface area contributed by atoms with Gasteiger partial charge in [-0.3, -0.25) is 4.79 Å². The van der Waals surface area contributed by atoms with Gasteiger partial charge in [0.05, 0.1) is 5.69 Å².